The van der Waals surface area contributed by atoms with Gasteiger partial charge < -0.3 is 10.1 Å². The number of nitrogens with one attached hydrogen (secondary N) is 3. The van der Waals surface area contributed by atoms with E-state index in [1.807, 2.05) is 20.8 Å². The van der Waals surface area contributed by atoms with Gasteiger partial charge in [0.15, 0.2) is 5.03 Å². The van der Waals surface area contributed by atoms with Crippen molar-refractivity contribution in [2.24, 2.45) is 0 Å². The van der Waals surface area contributed by atoms with Crippen molar-refractivity contribution < 1.29 is 13.2 Å². The van der Waals surface area contributed by atoms with Gasteiger partial charge in [-0.3, -0.25) is 5.10 Å². The summed E-state index contributed by atoms with van der Waals surface area (Å²) in [6, 6.07) is -0.0480. The number of hydrogen-bond acceptors (Lipinski definition) is 5. The molecule has 0 saturated heterocycles. The van der Waals surface area contributed by atoms with E-state index in [1.54, 1.807) is 6.92 Å². The van der Waals surface area contributed by atoms with Crippen LogP contribution < -0.4 is 10.0 Å². The topological polar surface area (TPSA) is 96.1 Å². The summed E-state index contributed by atoms with van der Waals surface area (Å²) in [6.07, 6.45) is 0. The molecular formula is C12H24N4O3S. The van der Waals surface area contributed by atoms with Crippen LogP contribution >= 0.6 is 0 Å². The Labute approximate surface area is 120 Å². The van der Waals surface area contributed by atoms with Crippen LogP contribution in [0.3, 0.4) is 0 Å². The molecule has 1 rings (SSSR count). The van der Waals surface area contributed by atoms with E-state index < -0.39 is 10.0 Å². The molecule has 1 aromatic heterocycles. The van der Waals surface area contributed by atoms with Gasteiger partial charge >= 0.3 is 0 Å². The van der Waals surface area contributed by atoms with Gasteiger partial charge in [-0.2, -0.15) is 5.10 Å². The quantitative estimate of drug-likeness (QED) is 0.651. The zero-order valence-electron chi connectivity index (χ0n) is 12.6. The zero-order valence-corrected chi connectivity index (χ0v) is 13.5. The summed E-state index contributed by atoms with van der Waals surface area (Å²) in [7, 11) is -2.12. The first-order valence-corrected chi connectivity index (χ1v) is 8.04. The first-order valence-electron chi connectivity index (χ1n) is 6.56. The third-order valence-electron chi connectivity index (χ3n) is 2.75. The number of ether oxygens (including phenoxy) is 1. The van der Waals surface area contributed by atoms with Gasteiger partial charge in [-0.15, -0.1) is 0 Å². The molecule has 0 aliphatic rings. The second-order valence-electron chi connectivity index (χ2n) is 5.15. The Bertz CT molecular complexity index is 525. The highest BCUT2D eigenvalue weighted by Crippen LogP contribution is 2.16. The predicted octanol–water partition coefficient (Wildman–Crippen LogP) is 0.529. The second-order valence-corrected chi connectivity index (χ2v) is 6.77. The van der Waals surface area contributed by atoms with Crippen LogP contribution in [0.2, 0.25) is 0 Å². The van der Waals surface area contributed by atoms with Gasteiger partial charge in [0.1, 0.15) is 0 Å². The third kappa shape index (κ3) is 4.55. The maximum Gasteiger partial charge on any atom is 0.260 e. The van der Waals surface area contributed by atoms with Crippen molar-refractivity contribution in [1.82, 2.24) is 20.2 Å². The fourth-order valence-corrected chi connectivity index (χ4v) is 3.20. The van der Waals surface area contributed by atoms with E-state index in [2.05, 4.69) is 20.2 Å². The molecule has 1 unspecified atom stereocenters. The molecule has 20 heavy (non-hydrogen) atoms. The molecule has 0 aliphatic heterocycles. The van der Waals surface area contributed by atoms with Crippen LogP contribution in [-0.2, 0) is 21.3 Å². The maximum absolute atomic E-state index is 12.3. The van der Waals surface area contributed by atoms with E-state index in [1.165, 1.54) is 7.11 Å². The Hall–Kier alpha value is -0.960. The monoisotopic (exact) mass is 304 g/mol. The van der Waals surface area contributed by atoms with Crippen LogP contribution in [0.4, 0.5) is 0 Å². The van der Waals surface area contributed by atoms with Gasteiger partial charge in [-0.1, -0.05) is 13.8 Å². The standard InChI is InChI=1S/C12H24N4O3S/c1-8(2)13-6-11-10(4)14-15-12(11)20(17,18)16-9(3)7-19-5/h8-9,13,16H,6-7H2,1-5H3,(H,14,15). The van der Waals surface area contributed by atoms with Crippen molar-refractivity contribution in [2.45, 2.75) is 51.3 Å². The second kappa shape index (κ2) is 7.16. The number of aromatic amines is 1. The van der Waals surface area contributed by atoms with E-state index in [4.69, 9.17) is 4.74 Å². The average molecular weight is 304 g/mol. The van der Waals surface area contributed by atoms with Crippen molar-refractivity contribution in [2.75, 3.05) is 13.7 Å². The van der Waals surface area contributed by atoms with Gasteiger partial charge in [-0.05, 0) is 13.8 Å². The zero-order chi connectivity index (χ0) is 15.3. The smallest absolute Gasteiger partial charge is 0.260 e. The van der Waals surface area contributed by atoms with E-state index >= 15 is 0 Å². The third-order valence-corrected chi connectivity index (χ3v) is 4.31. The lowest BCUT2D eigenvalue weighted by molar-refractivity contribution is 0.180. The van der Waals surface area contributed by atoms with Gasteiger partial charge in [0.2, 0.25) is 0 Å². The maximum atomic E-state index is 12.3. The molecule has 1 atom stereocenters. The van der Waals surface area contributed by atoms with Crippen molar-refractivity contribution >= 4 is 10.0 Å². The Morgan fingerprint density at radius 2 is 2.00 bits per heavy atom. The van der Waals surface area contributed by atoms with E-state index in [-0.39, 0.29) is 17.1 Å². The van der Waals surface area contributed by atoms with Crippen LogP contribution in [0, 0.1) is 6.92 Å². The molecule has 116 valence electrons. The van der Waals surface area contributed by atoms with Crippen LogP contribution in [0.5, 0.6) is 0 Å². The minimum absolute atomic E-state index is 0.0473. The number of sulfonamides is 1. The molecule has 1 heterocycles. The Morgan fingerprint density at radius 3 is 2.55 bits per heavy atom. The largest absolute Gasteiger partial charge is 0.383 e. The number of methoxy groups -OCH3 is 1. The van der Waals surface area contributed by atoms with Crippen molar-refractivity contribution in [3.05, 3.63) is 11.3 Å². The number of rotatable bonds is 8. The highest BCUT2D eigenvalue weighted by Gasteiger charge is 2.25. The summed E-state index contributed by atoms with van der Waals surface area (Å²) in [6.45, 7) is 8.32. The van der Waals surface area contributed by atoms with E-state index in [0.29, 0.717) is 18.7 Å². The molecule has 0 saturated carbocycles. The van der Waals surface area contributed by atoms with Crippen LogP contribution in [0.1, 0.15) is 32.0 Å². The normalized spacial score (nSPS) is 13.9. The molecule has 0 spiro atoms. The lowest BCUT2D eigenvalue weighted by Gasteiger charge is -2.13. The number of nitrogens with zero attached hydrogens (tertiary/aromatic N) is 1. The minimum Gasteiger partial charge on any atom is -0.383 e. The van der Waals surface area contributed by atoms with Crippen LogP contribution in [0.15, 0.2) is 5.03 Å². The highest BCUT2D eigenvalue weighted by atomic mass is 32.2. The molecule has 0 aromatic carbocycles. The molecule has 7 nitrogen and oxygen atoms in total. The Balaban J connectivity index is 2.94. The molecule has 0 radical (unpaired) electrons. The molecule has 0 fully saturated rings. The molecule has 3 N–H and O–H groups in total. The molecule has 0 bridgehead atoms. The van der Waals surface area contributed by atoms with Crippen molar-refractivity contribution in [1.29, 1.82) is 0 Å². The SMILES string of the molecule is COCC(C)NS(=O)(=O)c1n[nH]c(C)c1CNC(C)C. The number of hydrogen-bond donors (Lipinski definition) is 3. The van der Waals surface area contributed by atoms with E-state index in [0.717, 1.165) is 5.69 Å². The number of aromatic nitrogens is 2. The van der Waals surface area contributed by atoms with Crippen LogP contribution in [0.25, 0.3) is 0 Å². The Kier molecular flexibility index (Phi) is 6.12. The molecule has 8 heteroatoms. The number of aryl methyl sites for hydroxylation is 1. The van der Waals surface area contributed by atoms with E-state index in [9.17, 15) is 8.42 Å². The summed E-state index contributed by atoms with van der Waals surface area (Å²) in [5.41, 5.74) is 1.41. The molecule has 0 amide bonds. The summed E-state index contributed by atoms with van der Waals surface area (Å²) in [5.74, 6) is 0. The van der Waals surface area contributed by atoms with Gasteiger partial charge in [0.25, 0.3) is 10.0 Å². The van der Waals surface area contributed by atoms with Gasteiger partial charge in [0, 0.05) is 37.0 Å². The van der Waals surface area contributed by atoms with Gasteiger partial charge in [-0.25, -0.2) is 13.1 Å². The minimum atomic E-state index is -3.65. The predicted molar refractivity (Wildman–Crippen MR) is 77.0 cm³/mol. The number of H-pyrrole nitrogens is 1. The fourth-order valence-electron chi connectivity index (χ4n) is 1.77. The first-order chi connectivity index (χ1) is 9.27. The molecular weight excluding hydrogens is 280 g/mol. The molecule has 0 aliphatic carbocycles. The summed E-state index contributed by atoms with van der Waals surface area (Å²) in [5, 5.41) is 9.90. The lowest BCUT2D eigenvalue weighted by atomic mass is 10.2. The summed E-state index contributed by atoms with van der Waals surface area (Å²) >= 11 is 0. The highest BCUT2D eigenvalue weighted by molar-refractivity contribution is 7.89. The Morgan fingerprint density at radius 1 is 1.35 bits per heavy atom. The fraction of sp³-hybridized carbons (Fsp3) is 0.750. The van der Waals surface area contributed by atoms with Crippen molar-refractivity contribution in [3.63, 3.8) is 0 Å². The lowest BCUT2D eigenvalue weighted by Crippen LogP contribution is -2.36. The van der Waals surface area contributed by atoms with Gasteiger partial charge in [0.05, 0.1) is 6.61 Å². The average Bonchev–Trinajstić information content (AvgIpc) is 2.68. The van der Waals surface area contributed by atoms with Crippen molar-refractivity contribution in [3.8, 4) is 0 Å². The summed E-state index contributed by atoms with van der Waals surface area (Å²) < 4.78 is 32.1. The van der Waals surface area contributed by atoms with Crippen LogP contribution in [-0.4, -0.2) is 44.4 Å². The summed E-state index contributed by atoms with van der Waals surface area (Å²) in [4.78, 5) is 0. The molecule has 1 aromatic rings. The first kappa shape index (κ1) is 17.1.